The summed E-state index contributed by atoms with van der Waals surface area (Å²) >= 11 is 8.42. The van der Waals surface area contributed by atoms with Crippen LogP contribution in [0.25, 0.3) is 0 Å². The lowest BCUT2D eigenvalue weighted by molar-refractivity contribution is 0.280. The molecule has 0 aliphatic carbocycles. The molecule has 0 aromatic heterocycles. The fourth-order valence-electron chi connectivity index (χ4n) is 1.80. The number of hydrogen-bond donors (Lipinski definition) is 2. The Kier molecular flexibility index (Phi) is 5.17. The molecular formula is C15H14BrNO3S. The van der Waals surface area contributed by atoms with Gasteiger partial charge < -0.3 is 20.3 Å². The van der Waals surface area contributed by atoms with Gasteiger partial charge in [-0.25, -0.2) is 0 Å². The van der Waals surface area contributed by atoms with Crippen molar-refractivity contribution >= 4 is 33.1 Å². The highest BCUT2D eigenvalue weighted by Gasteiger charge is 2.12. The zero-order valence-corrected chi connectivity index (χ0v) is 13.7. The van der Waals surface area contributed by atoms with Gasteiger partial charge in [-0.1, -0.05) is 34.2 Å². The van der Waals surface area contributed by atoms with Crippen molar-refractivity contribution in [1.29, 1.82) is 0 Å². The van der Waals surface area contributed by atoms with Gasteiger partial charge in [0.2, 0.25) is 0 Å². The van der Waals surface area contributed by atoms with Gasteiger partial charge in [0.15, 0.2) is 11.5 Å². The number of rotatable bonds is 5. The van der Waals surface area contributed by atoms with E-state index in [4.69, 9.17) is 32.5 Å². The fourth-order valence-corrected chi connectivity index (χ4v) is 2.31. The Labute approximate surface area is 136 Å². The van der Waals surface area contributed by atoms with E-state index in [1.54, 1.807) is 37.4 Å². The molecule has 0 atom stereocenters. The Balaban J connectivity index is 2.42. The van der Waals surface area contributed by atoms with Crippen LogP contribution in [0.2, 0.25) is 0 Å². The molecule has 0 fully saturated rings. The molecule has 0 spiro atoms. The lowest BCUT2D eigenvalue weighted by Crippen LogP contribution is -2.10. The summed E-state index contributed by atoms with van der Waals surface area (Å²) in [6.07, 6.45) is 0. The van der Waals surface area contributed by atoms with Gasteiger partial charge in [0.05, 0.1) is 19.3 Å². The topological polar surface area (TPSA) is 64.7 Å². The van der Waals surface area contributed by atoms with E-state index in [9.17, 15) is 0 Å². The molecule has 2 aromatic rings. The summed E-state index contributed by atoms with van der Waals surface area (Å²) in [6.45, 7) is -0.0638. The zero-order valence-electron chi connectivity index (χ0n) is 11.3. The Morgan fingerprint density at radius 2 is 1.95 bits per heavy atom. The summed E-state index contributed by atoms with van der Waals surface area (Å²) in [5, 5.41) is 9.16. The minimum atomic E-state index is -0.0638. The second-order valence-corrected chi connectivity index (χ2v) is 5.61. The van der Waals surface area contributed by atoms with Crippen molar-refractivity contribution in [2.75, 3.05) is 7.11 Å². The molecule has 0 saturated heterocycles. The van der Waals surface area contributed by atoms with Crippen LogP contribution in [0.1, 0.15) is 11.1 Å². The number of thiocarbonyl (C=S) groups is 1. The number of benzene rings is 2. The van der Waals surface area contributed by atoms with E-state index in [1.807, 2.05) is 6.07 Å². The maximum Gasteiger partial charge on any atom is 0.169 e. The maximum absolute atomic E-state index is 9.16. The normalized spacial score (nSPS) is 10.2. The lowest BCUT2D eigenvalue weighted by Gasteiger charge is -2.14. The molecule has 0 saturated carbocycles. The molecule has 0 aliphatic heterocycles. The summed E-state index contributed by atoms with van der Waals surface area (Å²) in [4.78, 5) is 0.253. The van der Waals surface area contributed by atoms with E-state index in [1.165, 1.54) is 0 Å². The zero-order chi connectivity index (χ0) is 15.4. The molecule has 3 N–H and O–H groups in total. The van der Waals surface area contributed by atoms with Crippen LogP contribution in [0.5, 0.6) is 17.2 Å². The first-order chi connectivity index (χ1) is 10.0. The highest BCUT2D eigenvalue weighted by Crippen LogP contribution is 2.35. The Hall–Kier alpha value is -1.63. The summed E-state index contributed by atoms with van der Waals surface area (Å²) in [5.74, 6) is 1.58. The van der Waals surface area contributed by atoms with Gasteiger partial charge in [-0.3, -0.25) is 0 Å². The molecule has 0 amide bonds. The van der Waals surface area contributed by atoms with Crippen LogP contribution in [-0.4, -0.2) is 17.2 Å². The van der Waals surface area contributed by atoms with Crippen molar-refractivity contribution in [3.63, 3.8) is 0 Å². The SMILES string of the molecule is COc1cc(CO)ccc1Oc1cc(Br)ccc1C(N)=S. The van der Waals surface area contributed by atoms with E-state index < -0.39 is 0 Å². The maximum atomic E-state index is 9.16. The molecule has 6 heteroatoms. The molecule has 0 bridgehead atoms. The molecular weight excluding hydrogens is 354 g/mol. The highest BCUT2D eigenvalue weighted by molar-refractivity contribution is 9.10. The fraction of sp³-hybridized carbons (Fsp3) is 0.133. The molecule has 0 unspecified atom stereocenters. The Bertz CT molecular complexity index is 676. The van der Waals surface area contributed by atoms with Crippen molar-refractivity contribution in [1.82, 2.24) is 0 Å². The van der Waals surface area contributed by atoms with Gasteiger partial charge in [-0.2, -0.15) is 0 Å². The molecule has 110 valence electrons. The summed E-state index contributed by atoms with van der Waals surface area (Å²) in [7, 11) is 1.54. The summed E-state index contributed by atoms with van der Waals surface area (Å²) in [5.41, 5.74) is 7.09. The van der Waals surface area contributed by atoms with Gasteiger partial charge in [0, 0.05) is 4.47 Å². The first-order valence-corrected chi connectivity index (χ1v) is 7.30. The second kappa shape index (κ2) is 6.89. The van der Waals surface area contributed by atoms with Gasteiger partial charge in [0.1, 0.15) is 10.7 Å². The van der Waals surface area contributed by atoms with Crippen LogP contribution in [0.3, 0.4) is 0 Å². The first kappa shape index (κ1) is 15.8. The minimum absolute atomic E-state index is 0.0638. The van der Waals surface area contributed by atoms with Crippen LogP contribution >= 0.6 is 28.1 Å². The number of aliphatic hydroxyl groups is 1. The van der Waals surface area contributed by atoms with Crippen molar-refractivity contribution in [3.05, 3.63) is 52.0 Å². The van der Waals surface area contributed by atoms with Crippen LogP contribution in [-0.2, 0) is 6.61 Å². The average Bonchev–Trinajstić information content (AvgIpc) is 2.47. The second-order valence-electron chi connectivity index (χ2n) is 4.25. The number of halogens is 1. The van der Waals surface area contributed by atoms with E-state index in [0.717, 1.165) is 10.0 Å². The van der Waals surface area contributed by atoms with Crippen molar-refractivity contribution in [2.24, 2.45) is 5.73 Å². The molecule has 2 aromatic carbocycles. The third kappa shape index (κ3) is 3.72. The monoisotopic (exact) mass is 367 g/mol. The molecule has 4 nitrogen and oxygen atoms in total. The third-order valence-corrected chi connectivity index (χ3v) is 3.55. The quantitative estimate of drug-likeness (QED) is 0.793. The molecule has 21 heavy (non-hydrogen) atoms. The van der Waals surface area contributed by atoms with E-state index in [0.29, 0.717) is 22.8 Å². The molecule has 0 radical (unpaired) electrons. The highest BCUT2D eigenvalue weighted by atomic mass is 79.9. The van der Waals surface area contributed by atoms with Gasteiger partial charge in [0.25, 0.3) is 0 Å². The van der Waals surface area contributed by atoms with E-state index in [2.05, 4.69) is 15.9 Å². The molecule has 0 heterocycles. The van der Waals surface area contributed by atoms with Crippen molar-refractivity contribution < 1.29 is 14.6 Å². The van der Waals surface area contributed by atoms with Crippen LogP contribution < -0.4 is 15.2 Å². The largest absolute Gasteiger partial charge is 0.493 e. The van der Waals surface area contributed by atoms with Crippen LogP contribution in [0.15, 0.2) is 40.9 Å². The molecule has 0 aliphatic rings. The van der Waals surface area contributed by atoms with E-state index in [-0.39, 0.29) is 11.6 Å². The number of nitrogens with two attached hydrogens (primary N) is 1. The van der Waals surface area contributed by atoms with Crippen molar-refractivity contribution in [3.8, 4) is 17.2 Å². The number of hydrogen-bond acceptors (Lipinski definition) is 4. The molecule has 2 rings (SSSR count). The number of methoxy groups -OCH3 is 1. The van der Waals surface area contributed by atoms with Crippen molar-refractivity contribution in [2.45, 2.75) is 6.61 Å². The van der Waals surface area contributed by atoms with Gasteiger partial charge in [-0.05, 0) is 35.9 Å². The first-order valence-electron chi connectivity index (χ1n) is 6.10. The average molecular weight is 368 g/mol. The Morgan fingerprint density at radius 1 is 1.19 bits per heavy atom. The predicted molar refractivity (Wildman–Crippen MR) is 89.0 cm³/mol. The summed E-state index contributed by atoms with van der Waals surface area (Å²) in [6, 6.07) is 10.6. The summed E-state index contributed by atoms with van der Waals surface area (Å²) < 4.78 is 12.0. The number of aliphatic hydroxyl groups excluding tert-OH is 1. The Morgan fingerprint density at radius 3 is 2.57 bits per heavy atom. The third-order valence-electron chi connectivity index (χ3n) is 2.84. The van der Waals surface area contributed by atoms with Crippen LogP contribution in [0, 0.1) is 0 Å². The lowest BCUT2D eigenvalue weighted by atomic mass is 10.2. The number of ether oxygens (including phenoxy) is 2. The minimum Gasteiger partial charge on any atom is -0.493 e. The van der Waals surface area contributed by atoms with E-state index >= 15 is 0 Å². The predicted octanol–water partition coefficient (Wildman–Crippen LogP) is 3.38. The smallest absolute Gasteiger partial charge is 0.169 e. The van der Waals surface area contributed by atoms with Gasteiger partial charge in [-0.15, -0.1) is 0 Å². The standard InChI is InChI=1S/C15H14BrNO3S/c1-19-14-6-9(8-18)2-5-12(14)20-13-7-10(16)3-4-11(13)15(17)21/h2-7,18H,8H2,1H3,(H2,17,21). The van der Waals surface area contributed by atoms with Crippen LogP contribution in [0.4, 0.5) is 0 Å². The van der Waals surface area contributed by atoms with Gasteiger partial charge >= 0.3 is 0 Å².